The number of sulfone groups is 1. The summed E-state index contributed by atoms with van der Waals surface area (Å²) in [6, 6.07) is 13.1. The predicted octanol–water partition coefficient (Wildman–Crippen LogP) is 3.53. The zero-order chi connectivity index (χ0) is 29.7. The van der Waals surface area contributed by atoms with Crippen LogP contribution in [-0.4, -0.2) is 56.6 Å². The van der Waals surface area contributed by atoms with E-state index in [1.807, 2.05) is 0 Å². The molecular formula is C27H27F3N2O8S. The molecule has 1 fully saturated rings. The summed E-state index contributed by atoms with van der Waals surface area (Å²) in [5.41, 5.74) is 0.889. The summed E-state index contributed by atoms with van der Waals surface area (Å²) in [5, 5.41) is 11.8. The van der Waals surface area contributed by atoms with E-state index >= 15 is 0 Å². The number of alkyl halides is 3. The molecule has 0 aliphatic carbocycles. The highest BCUT2D eigenvalue weighted by Gasteiger charge is 2.52. The maximum Gasteiger partial charge on any atom is 0.416 e. The molecule has 0 radical (unpaired) electrons. The van der Waals surface area contributed by atoms with Crippen molar-refractivity contribution in [1.82, 2.24) is 10.8 Å². The lowest BCUT2D eigenvalue weighted by Crippen LogP contribution is -2.54. The SMILES string of the molecule is O=C(Cc1ccc(-c2cccc(C(F)(F)F)c2)o1)NCCOc1ccc(S(=O)(=O)C2(C(=O)NO)CCOCC2)cc1. The molecule has 2 heterocycles. The summed E-state index contributed by atoms with van der Waals surface area (Å²) in [4.78, 5) is 24.5. The van der Waals surface area contributed by atoms with Crippen molar-refractivity contribution >= 4 is 21.7 Å². The van der Waals surface area contributed by atoms with Crippen LogP contribution >= 0.6 is 0 Å². The van der Waals surface area contributed by atoms with E-state index in [0.717, 1.165) is 12.1 Å². The van der Waals surface area contributed by atoms with Gasteiger partial charge >= 0.3 is 6.18 Å². The molecule has 1 saturated heterocycles. The van der Waals surface area contributed by atoms with E-state index in [1.54, 1.807) is 0 Å². The molecule has 14 heteroatoms. The smallest absolute Gasteiger partial charge is 0.416 e. The van der Waals surface area contributed by atoms with Crippen LogP contribution in [-0.2, 0) is 36.8 Å². The van der Waals surface area contributed by atoms with Gasteiger partial charge in [0.25, 0.3) is 5.91 Å². The van der Waals surface area contributed by atoms with E-state index < -0.39 is 38.1 Å². The van der Waals surface area contributed by atoms with Gasteiger partial charge in [-0.05, 0) is 61.4 Å². The maximum absolute atomic E-state index is 13.3. The molecule has 220 valence electrons. The summed E-state index contributed by atoms with van der Waals surface area (Å²) in [6.07, 6.45) is -4.84. The van der Waals surface area contributed by atoms with Crippen molar-refractivity contribution < 1.29 is 50.3 Å². The maximum atomic E-state index is 13.3. The van der Waals surface area contributed by atoms with Crippen molar-refractivity contribution in [1.29, 1.82) is 0 Å². The molecule has 0 unspecified atom stereocenters. The van der Waals surface area contributed by atoms with Crippen LogP contribution in [0.15, 0.2) is 70.0 Å². The minimum Gasteiger partial charge on any atom is -0.492 e. The number of rotatable bonds is 10. The normalized spacial score (nSPS) is 15.2. The summed E-state index contributed by atoms with van der Waals surface area (Å²) in [5.74, 6) is -0.623. The lowest BCUT2D eigenvalue weighted by Gasteiger charge is -2.34. The highest BCUT2D eigenvalue weighted by Crippen LogP contribution is 2.36. The predicted molar refractivity (Wildman–Crippen MR) is 138 cm³/mol. The van der Waals surface area contributed by atoms with Crippen molar-refractivity contribution in [3.63, 3.8) is 0 Å². The number of hydrogen-bond acceptors (Lipinski definition) is 8. The molecule has 2 aromatic carbocycles. The van der Waals surface area contributed by atoms with Crippen LogP contribution in [0.3, 0.4) is 0 Å². The van der Waals surface area contributed by atoms with Crippen LogP contribution in [0.4, 0.5) is 13.2 Å². The highest BCUT2D eigenvalue weighted by molar-refractivity contribution is 7.93. The van der Waals surface area contributed by atoms with Crippen LogP contribution < -0.4 is 15.5 Å². The van der Waals surface area contributed by atoms with E-state index in [-0.39, 0.29) is 67.6 Å². The minimum absolute atomic E-state index is 0.0521. The molecule has 0 spiro atoms. The van der Waals surface area contributed by atoms with Crippen LogP contribution in [0, 0.1) is 0 Å². The minimum atomic E-state index is -4.49. The molecule has 1 aromatic heterocycles. The number of ether oxygens (including phenoxy) is 2. The molecular weight excluding hydrogens is 569 g/mol. The van der Waals surface area contributed by atoms with Gasteiger partial charge in [-0.3, -0.25) is 14.8 Å². The second-order valence-corrected chi connectivity index (χ2v) is 11.5. The lowest BCUT2D eigenvalue weighted by atomic mass is 9.98. The van der Waals surface area contributed by atoms with E-state index in [4.69, 9.17) is 19.1 Å². The number of amides is 2. The summed E-state index contributed by atoms with van der Waals surface area (Å²) in [6.45, 7) is 0.270. The Hall–Kier alpha value is -3.88. The Labute approximate surface area is 233 Å². The summed E-state index contributed by atoms with van der Waals surface area (Å²) >= 11 is 0. The topological polar surface area (TPSA) is 144 Å². The third-order valence-electron chi connectivity index (χ3n) is 6.63. The quantitative estimate of drug-likeness (QED) is 0.183. The Balaban J connectivity index is 1.28. The molecule has 1 aliphatic rings. The van der Waals surface area contributed by atoms with Gasteiger partial charge in [-0.2, -0.15) is 13.2 Å². The molecule has 0 atom stereocenters. The Morgan fingerprint density at radius 1 is 1.02 bits per heavy atom. The number of furan rings is 1. The lowest BCUT2D eigenvalue weighted by molar-refractivity contribution is -0.137. The van der Waals surface area contributed by atoms with E-state index in [2.05, 4.69) is 5.32 Å². The number of carbonyl (C=O) groups excluding carboxylic acids is 2. The van der Waals surface area contributed by atoms with Gasteiger partial charge in [0.1, 0.15) is 23.9 Å². The van der Waals surface area contributed by atoms with Crippen molar-refractivity contribution in [3.8, 4) is 17.1 Å². The number of halogens is 3. The summed E-state index contributed by atoms with van der Waals surface area (Å²) in [7, 11) is -4.17. The highest BCUT2D eigenvalue weighted by atomic mass is 32.2. The second-order valence-electron chi connectivity index (χ2n) is 9.24. The molecule has 4 rings (SSSR count). The third-order valence-corrected chi connectivity index (χ3v) is 9.14. The van der Waals surface area contributed by atoms with Gasteiger partial charge in [-0.15, -0.1) is 0 Å². The number of nitrogens with one attached hydrogen (secondary N) is 2. The van der Waals surface area contributed by atoms with Crippen molar-refractivity contribution in [2.75, 3.05) is 26.4 Å². The number of hydroxylamine groups is 1. The standard InChI is InChI=1S/C27H27F3N2O8S/c28-27(29,30)19-3-1-2-18(16-19)23-9-6-21(40-23)17-24(33)31-12-15-39-20-4-7-22(8-5-20)41(36,37)26(25(34)32-35)10-13-38-14-11-26/h1-9,16,35H,10-15,17H2,(H,31,33)(H,32,34). The molecule has 3 N–H and O–H groups in total. The monoisotopic (exact) mass is 596 g/mol. The fourth-order valence-electron chi connectivity index (χ4n) is 4.42. The number of carbonyl (C=O) groups is 2. The van der Waals surface area contributed by atoms with Gasteiger partial charge in [0.2, 0.25) is 5.91 Å². The van der Waals surface area contributed by atoms with Crippen molar-refractivity contribution in [2.24, 2.45) is 0 Å². The van der Waals surface area contributed by atoms with Gasteiger partial charge in [0.05, 0.1) is 23.4 Å². The van der Waals surface area contributed by atoms with Gasteiger partial charge < -0.3 is 19.2 Å². The molecule has 0 saturated carbocycles. The van der Waals surface area contributed by atoms with Crippen molar-refractivity contribution in [3.05, 3.63) is 72.0 Å². The molecule has 3 aromatic rings. The summed E-state index contributed by atoms with van der Waals surface area (Å²) < 4.78 is 79.9. The average molecular weight is 597 g/mol. The third kappa shape index (κ3) is 6.72. The Bertz CT molecular complexity index is 1480. The Morgan fingerprint density at radius 3 is 2.39 bits per heavy atom. The molecule has 0 bridgehead atoms. The second kappa shape index (κ2) is 12.3. The first-order chi connectivity index (χ1) is 19.5. The van der Waals surface area contributed by atoms with Crippen molar-refractivity contribution in [2.45, 2.75) is 35.1 Å². The van der Waals surface area contributed by atoms with Gasteiger partial charge in [-0.25, -0.2) is 13.9 Å². The average Bonchev–Trinajstić information content (AvgIpc) is 3.43. The molecule has 10 nitrogen and oxygen atoms in total. The van der Waals surface area contributed by atoms with E-state index in [0.29, 0.717) is 5.75 Å². The molecule has 1 aliphatic heterocycles. The number of benzene rings is 2. The van der Waals surface area contributed by atoms with Crippen LogP contribution in [0.25, 0.3) is 11.3 Å². The first kappa shape index (κ1) is 30.1. The van der Waals surface area contributed by atoms with Gasteiger partial charge in [-0.1, -0.05) is 12.1 Å². The zero-order valence-electron chi connectivity index (χ0n) is 21.6. The fraction of sp³-hybridized carbons (Fsp3) is 0.333. The first-order valence-corrected chi connectivity index (χ1v) is 14.0. The van der Waals surface area contributed by atoms with E-state index in [9.17, 15) is 31.2 Å². The Kier molecular flexibility index (Phi) is 9.05. The fourth-order valence-corrected chi connectivity index (χ4v) is 6.36. The Morgan fingerprint density at radius 2 is 1.73 bits per heavy atom. The van der Waals surface area contributed by atoms with Crippen LogP contribution in [0.2, 0.25) is 0 Å². The van der Waals surface area contributed by atoms with Crippen LogP contribution in [0.5, 0.6) is 5.75 Å². The zero-order valence-corrected chi connectivity index (χ0v) is 22.4. The van der Waals surface area contributed by atoms with Gasteiger partial charge in [0.15, 0.2) is 14.6 Å². The molecule has 2 amide bonds. The molecule has 41 heavy (non-hydrogen) atoms. The number of hydrogen-bond donors (Lipinski definition) is 3. The van der Waals surface area contributed by atoms with Gasteiger partial charge in [0, 0.05) is 18.8 Å². The van der Waals surface area contributed by atoms with E-state index in [1.165, 1.54) is 54.0 Å². The largest absolute Gasteiger partial charge is 0.492 e. The van der Waals surface area contributed by atoms with Crippen LogP contribution in [0.1, 0.15) is 24.2 Å². The first-order valence-electron chi connectivity index (χ1n) is 12.5.